The first kappa shape index (κ1) is 28.5. The van der Waals surface area contributed by atoms with Crippen LogP contribution in [0.4, 0.5) is 0 Å². The molecule has 40 heavy (non-hydrogen) atoms. The van der Waals surface area contributed by atoms with E-state index >= 15 is 0 Å². The molecular formula is C28H34Cl2N8O2. The van der Waals surface area contributed by atoms with Crippen LogP contribution in [0.15, 0.2) is 48.5 Å². The Labute approximate surface area is 243 Å². The fraction of sp³-hybridized carbons (Fsp3) is 0.464. The van der Waals surface area contributed by atoms with Gasteiger partial charge in [0.05, 0.1) is 16.1 Å². The monoisotopic (exact) mass is 584 g/mol. The number of tetrazole rings is 1. The number of benzene rings is 2. The maximum Gasteiger partial charge on any atom is 0.243 e. The molecule has 0 saturated carbocycles. The van der Waals surface area contributed by atoms with Crippen molar-refractivity contribution in [1.29, 1.82) is 0 Å². The third kappa shape index (κ3) is 6.80. The average molecular weight is 586 g/mol. The molecular weight excluding hydrogens is 551 g/mol. The zero-order chi connectivity index (χ0) is 28.1. The molecule has 4 N–H and O–H groups in total. The molecule has 10 nitrogen and oxygen atoms in total. The molecule has 2 aliphatic heterocycles. The maximum absolute atomic E-state index is 14.0. The first-order chi connectivity index (χ1) is 19.4. The zero-order valence-electron chi connectivity index (χ0n) is 22.2. The molecule has 4 atom stereocenters. The summed E-state index contributed by atoms with van der Waals surface area (Å²) in [5, 5.41) is 17.9. The molecule has 2 aliphatic rings. The van der Waals surface area contributed by atoms with Crippen molar-refractivity contribution in [2.75, 3.05) is 13.1 Å². The van der Waals surface area contributed by atoms with Crippen LogP contribution >= 0.6 is 23.2 Å². The predicted molar refractivity (Wildman–Crippen MR) is 153 cm³/mol. The lowest BCUT2D eigenvalue weighted by atomic mass is 10.0. The number of amides is 2. The number of nitrogens with two attached hydrogens (primary N) is 1. The van der Waals surface area contributed by atoms with E-state index in [1.807, 2.05) is 24.3 Å². The number of halogens is 2. The Morgan fingerprint density at radius 1 is 1.12 bits per heavy atom. The number of hydrogen-bond donors (Lipinski definition) is 3. The summed E-state index contributed by atoms with van der Waals surface area (Å²) < 4.78 is 0. The SMILES string of the molecule is N[C@@H]1C[C@H]2C(=O)N([C@H](CCc3nnn[nH]3)C(=O)NCc3ccc(Cl)c(Cl)c3)CCC(CCc3ccccc3)N2C1. The third-order valence-corrected chi connectivity index (χ3v) is 8.63. The van der Waals surface area contributed by atoms with Crippen LogP contribution in [0.2, 0.25) is 10.0 Å². The molecule has 1 aromatic heterocycles. The first-order valence-corrected chi connectivity index (χ1v) is 14.4. The summed E-state index contributed by atoms with van der Waals surface area (Å²) in [6, 6.07) is 14.7. The number of aryl methyl sites for hydroxylation is 2. The highest BCUT2D eigenvalue weighted by atomic mass is 35.5. The van der Waals surface area contributed by atoms with Crippen LogP contribution in [0, 0.1) is 0 Å². The van der Waals surface area contributed by atoms with Gasteiger partial charge in [-0.05, 0) is 65.8 Å². The molecule has 2 fully saturated rings. The normalized spacial score (nSPS) is 22.1. The van der Waals surface area contributed by atoms with Crippen molar-refractivity contribution in [1.82, 2.24) is 35.7 Å². The van der Waals surface area contributed by atoms with E-state index in [9.17, 15) is 9.59 Å². The van der Waals surface area contributed by atoms with Crippen LogP contribution in [0.5, 0.6) is 0 Å². The lowest BCUT2D eigenvalue weighted by molar-refractivity contribution is -0.143. The molecule has 3 heterocycles. The van der Waals surface area contributed by atoms with E-state index in [4.69, 9.17) is 28.9 Å². The zero-order valence-corrected chi connectivity index (χ0v) is 23.7. The Morgan fingerprint density at radius 3 is 2.70 bits per heavy atom. The number of rotatable bonds is 10. The summed E-state index contributed by atoms with van der Waals surface area (Å²) in [6.45, 7) is 1.43. The van der Waals surface area contributed by atoms with Crippen LogP contribution in [0.25, 0.3) is 0 Å². The van der Waals surface area contributed by atoms with E-state index in [2.05, 4.69) is 43.0 Å². The predicted octanol–water partition coefficient (Wildman–Crippen LogP) is 2.76. The Balaban J connectivity index is 1.34. The molecule has 0 aliphatic carbocycles. The van der Waals surface area contributed by atoms with Gasteiger partial charge in [0.25, 0.3) is 0 Å². The molecule has 1 unspecified atom stereocenters. The number of aromatic nitrogens is 4. The van der Waals surface area contributed by atoms with Crippen molar-refractivity contribution in [2.45, 2.75) is 69.2 Å². The fourth-order valence-electron chi connectivity index (χ4n) is 5.84. The van der Waals surface area contributed by atoms with Gasteiger partial charge in [0.1, 0.15) is 11.9 Å². The van der Waals surface area contributed by atoms with Gasteiger partial charge >= 0.3 is 0 Å². The Hall–Kier alpha value is -3.05. The summed E-state index contributed by atoms with van der Waals surface area (Å²) in [7, 11) is 0. The lowest BCUT2D eigenvalue weighted by Crippen LogP contribution is -2.53. The van der Waals surface area contributed by atoms with E-state index in [-0.39, 0.29) is 36.5 Å². The Kier molecular flexibility index (Phi) is 9.31. The molecule has 212 valence electrons. The summed E-state index contributed by atoms with van der Waals surface area (Å²) >= 11 is 12.2. The van der Waals surface area contributed by atoms with Crippen LogP contribution in [-0.2, 0) is 29.0 Å². The second-order valence-corrected chi connectivity index (χ2v) is 11.4. The number of carbonyl (C=O) groups excluding carboxylic acids is 2. The summed E-state index contributed by atoms with van der Waals surface area (Å²) in [4.78, 5) is 31.7. The van der Waals surface area contributed by atoms with Crippen LogP contribution < -0.4 is 11.1 Å². The molecule has 0 spiro atoms. The highest BCUT2D eigenvalue weighted by Gasteiger charge is 2.45. The van der Waals surface area contributed by atoms with E-state index < -0.39 is 6.04 Å². The number of hydrogen-bond acceptors (Lipinski definition) is 7. The van der Waals surface area contributed by atoms with E-state index in [0.717, 1.165) is 24.8 Å². The van der Waals surface area contributed by atoms with E-state index in [1.165, 1.54) is 5.56 Å². The van der Waals surface area contributed by atoms with Crippen molar-refractivity contribution < 1.29 is 9.59 Å². The van der Waals surface area contributed by atoms with Crippen LogP contribution in [0.3, 0.4) is 0 Å². The van der Waals surface area contributed by atoms with Gasteiger partial charge < -0.3 is 16.0 Å². The largest absolute Gasteiger partial charge is 0.350 e. The van der Waals surface area contributed by atoms with Gasteiger partial charge in [0.2, 0.25) is 11.8 Å². The third-order valence-electron chi connectivity index (χ3n) is 7.89. The molecule has 3 aromatic rings. The van der Waals surface area contributed by atoms with Gasteiger partial charge in [-0.1, -0.05) is 59.6 Å². The molecule has 2 aromatic carbocycles. The molecule has 0 bridgehead atoms. The highest BCUT2D eigenvalue weighted by Crippen LogP contribution is 2.30. The van der Waals surface area contributed by atoms with Gasteiger partial charge in [-0.2, -0.15) is 0 Å². The maximum atomic E-state index is 14.0. The number of nitrogens with zero attached hydrogens (tertiary/aromatic N) is 5. The minimum absolute atomic E-state index is 0.0412. The van der Waals surface area contributed by atoms with E-state index in [1.54, 1.807) is 17.0 Å². The number of H-pyrrole nitrogens is 1. The number of fused-ring (bicyclic) bond motifs is 1. The minimum atomic E-state index is -0.688. The van der Waals surface area contributed by atoms with Crippen molar-refractivity contribution in [3.63, 3.8) is 0 Å². The van der Waals surface area contributed by atoms with Gasteiger partial charge in [0.15, 0.2) is 0 Å². The molecule has 2 amide bonds. The van der Waals surface area contributed by atoms with Gasteiger partial charge in [-0.3, -0.25) is 14.5 Å². The summed E-state index contributed by atoms with van der Waals surface area (Å²) in [5.74, 6) is 0.291. The quantitative estimate of drug-likeness (QED) is 0.333. The Bertz CT molecular complexity index is 1290. The second-order valence-electron chi connectivity index (χ2n) is 10.6. The van der Waals surface area contributed by atoms with Crippen molar-refractivity contribution in [3.05, 3.63) is 75.5 Å². The topological polar surface area (TPSA) is 133 Å². The second kappa shape index (κ2) is 13.1. The van der Waals surface area contributed by atoms with Crippen molar-refractivity contribution in [3.8, 4) is 0 Å². The number of nitrogens with one attached hydrogen (secondary N) is 2. The van der Waals surface area contributed by atoms with Crippen LogP contribution in [-0.4, -0.2) is 79.5 Å². The molecule has 5 rings (SSSR count). The van der Waals surface area contributed by atoms with Crippen molar-refractivity contribution in [2.24, 2.45) is 5.73 Å². The minimum Gasteiger partial charge on any atom is -0.350 e. The average Bonchev–Trinajstić information content (AvgIpc) is 3.60. The summed E-state index contributed by atoms with van der Waals surface area (Å²) in [5.41, 5.74) is 8.47. The van der Waals surface area contributed by atoms with Gasteiger partial charge in [0, 0.05) is 38.1 Å². The standard InChI is InChI=1S/C28H34Cl2N8O2/c29-22-9-7-19(14-23(22)30)16-32-27(39)24(10-11-26-33-35-36-34-26)37-13-12-21(8-6-18-4-2-1-3-5-18)38-17-20(31)15-25(38)28(37)40/h1-5,7,9,14,20-21,24-25H,6,8,10-13,15-17,31H2,(H,32,39)(H,33,34,35,36)/t20-,21?,24-,25+/m1/s1. The molecule has 0 radical (unpaired) electrons. The Morgan fingerprint density at radius 2 is 1.95 bits per heavy atom. The number of carbonyl (C=O) groups is 2. The smallest absolute Gasteiger partial charge is 0.243 e. The van der Waals surface area contributed by atoms with Gasteiger partial charge in [-0.15, -0.1) is 5.10 Å². The van der Waals surface area contributed by atoms with E-state index in [0.29, 0.717) is 48.2 Å². The molecule has 12 heteroatoms. The first-order valence-electron chi connectivity index (χ1n) is 13.7. The van der Waals surface area contributed by atoms with Crippen molar-refractivity contribution >= 4 is 35.0 Å². The number of aromatic amines is 1. The lowest BCUT2D eigenvalue weighted by Gasteiger charge is -2.32. The summed E-state index contributed by atoms with van der Waals surface area (Å²) in [6.07, 6.45) is 4.00. The van der Waals surface area contributed by atoms with Gasteiger partial charge in [-0.25, -0.2) is 5.10 Å². The van der Waals surface area contributed by atoms with Crippen LogP contribution in [0.1, 0.15) is 42.6 Å². The fourth-order valence-corrected chi connectivity index (χ4v) is 6.16. The molecule has 2 saturated heterocycles. The highest BCUT2D eigenvalue weighted by molar-refractivity contribution is 6.42.